The molecule has 0 N–H and O–H groups in total. The summed E-state index contributed by atoms with van der Waals surface area (Å²) in [4.78, 5) is 0. The number of rotatable bonds is 3. The minimum absolute atomic E-state index is 0.134. The molecule has 0 aliphatic carbocycles. The van der Waals surface area contributed by atoms with Crippen LogP contribution >= 0.6 is 23.2 Å². The van der Waals surface area contributed by atoms with Crippen LogP contribution < -0.4 is 9.75 Å². The summed E-state index contributed by atoms with van der Waals surface area (Å²) in [7, 11) is 1.66. The third-order valence-electron chi connectivity index (χ3n) is 3.49. The Bertz CT molecular complexity index is 670. The lowest BCUT2D eigenvalue weighted by Crippen LogP contribution is -2.18. The van der Waals surface area contributed by atoms with Crippen molar-refractivity contribution in [3.63, 3.8) is 0 Å². The number of halogens is 2. The van der Waals surface area contributed by atoms with Crippen molar-refractivity contribution in [1.82, 2.24) is 0 Å². The number of ether oxygens (including phenoxy) is 1. The van der Waals surface area contributed by atoms with Gasteiger partial charge in [0, 0.05) is 17.7 Å². The summed E-state index contributed by atoms with van der Waals surface area (Å²) in [5.74, 6) is 0.841. The van der Waals surface area contributed by atoms with Gasteiger partial charge >= 0.3 is 0 Å². The van der Waals surface area contributed by atoms with Crippen molar-refractivity contribution in [3.05, 3.63) is 58.1 Å². The van der Waals surface area contributed by atoms with E-state index in [4.69, 9.17) is 27.9 Å². The lowest BCUT2D eigenvalue weighted by molar-refractivity contribution is 0.414. The first-order chi connectivity index (χ1) is 10.2. The van der Waals surface area contributed by atoms with Gasteiger partial charge in [-0.05, 0) is 35.9 Å². The summed E-state index contributed by atoms with van der Waals surface area (Å²) >= 11 is 12.2. The summed E-state index contributed by atoms with van der Waals surface area (Å²) in [5, 5.41) is 7.59. The SMILES string of the molecule is COc1ccc(C2CC=NN2c2ccc(Cl)cc2Cl)cc1. The van der Waals surface area contributed by atoms with Gasteiger partial charge in [-0.2, -0.15) is 5.10 Å². The highest BCUT2D eigenvalue weighted by Gasteiger charge is 2.25. The topological polar surface area (TPSA) is 24.8 Å². The third kappa shape index (κ3) is 2.85. The molecule has 1 unspecified atom stereocenters. The van der Waals surface area contributed by atoms with Gasteiger partial charge in [-0.15, -0.1) is 0 Å². The lowest BCUT2D eigenvalue weighted by Gasteiger charge is -2.25. The van der Waals surface area contributed by atoms with Gasteiger partial charge in [0.1, 0.15) is 5.75 Å². The minimum Gasteiger partial charge on any atom is -0.497 e. The van der Waals surface area contributed by atoms with Gasteiger partial charge in [0.15, 0.2) is 0 Å². The molecule has 0 spiro atoms. The van der Waals surface area contributed by atoms with E-state index in [-0.39, 0.29) is 6.04 Å². The van der Waals surface area contributed by atoms with E-state index in [1.807, 2.05) is 35.5 Å². The largest absolute Gasteiger partial charge is 0.497 e. The third-order valence-corrected chi connectivity index (χ3v) is 4.02. The van der Waals surface area contributed by atoms with Crippen LogP contribution in [0.3, 0.4) is 0 Å². The smallest absolute Gasteiger partial charge is 0.118 e. The van der Waals surface area contributed by atoms with Crippen LogP contribution in [0.15, 0.2) is 47.6 Å². The first kappa shape index (κ1) is 14.2. The molecular weight excluding hydrogens is 307 g/mol. The molecule has 1 heterocycles. The Morgan fingerprint density at radius 2 is 1.90 bits per heavy atom. The molecule has 0 amide bonds. The average molecular weight is 321 g/mol. The van der Waals surface area contributed by atoms with E-state index >= 15 is 0 Å². The fourth-order valence-corrected chi connectivity index (χ4v) is 2.91. The second-order valence-electron chi connectivity index (χ2n) is 4.76. The monoisotopic (exact) mass is 320 g/mol. The van der Waals surface area contributed by atoms with Crippen LogP contribution in [0.25, 0.3) is 0 Å². The van der Waals surface area contributed by atoms with Crippen LogP contribution in [-0.4, -0.2) is 13.3 Å². The Kier molecular flexibility index (Phi) is 4.04. The maximum atomic E-state index is 6.29. The predicted octanol–water partition coefficient (Wildman–Crippen LogP) is 4.94. The Morgan fingerprint density at radius 3 is 2.57 bits per heavy atom. The van der Waals surface area contributed by atoms with Crippen molar-refractivity contribution in [2.24, 2.45) is 5.10 Å². The Hall–Kier alpha value is -1.71. The number of benzene rings is 2. The molecule has 2 aromatic rings. The maximum Gasteiger partial charge on any atom is 0.118 e. The molecule has 1 aliphatic rings. The Balaban J connectivity index is 1.92. The highest BCUT2D eigenvalue weighted by atomic mass is 35.5. The van der Waals surface area contributed by atoms with Crippen molar-refractivity contribution in [2.45, 2.75) is 12.5 Å². The molecular formula is C16H14Cl2N2O. The van der Waals surface area contributed by atoms with Crippen molar-refractivity contribution >= 4 is 35.1 Å². The first-order valence-electron chi connectivity index (χ1n) is 6.59. The molecule has 108 valence electrons. The summed E-state index contributed by atoms with van der Waals surface area (Å²) in [5.41, 5.74) is 2.02. The van der Waals surface area contributed by atoms with E-state index < -0.39 is 0 Å². The highest BCUT2D eigenvalue weighted by molar-refractivity contribution is 6.36. The molecule has 0 saturated carbocycles. The molecule has 1 aliphatic heterocycles. The molecule has 5 heteroatoms. The predicted molar refractivity (Wildman–Crippen MR) is 87.8 cm³/mol. The number of hydrazone groups is 1. The van der Waals surface area contributed by atoms with Gasteiger partial charge in [-0.1, -0.05) is 35.3 Å². The van der Waals surface area contributed by atoms with Gasteiger partial charge < -0.3 is 4.74 Å². The molecule has 0 aromatic heterocycles. The molecule has 0 radical (unpaired) electrons. The van der Waals surface area contributed by atoms with Crippen LogP contribution in [0.5, 0.6) is 5.75 Å². The second kappa shape index (κ2) is 5.96. The van der Waals surface area contributed by atoms with Crippen LogP contribution in [-0.2, 0) is 0 Å². The van der Waals surface area contributed by atoms with Crippen LogP contribution in [0.1, 0.15) is 18.0 Å². The zero-order valence-electron chi connectivity index (χ0n) is 11.5. The molecule has 2 aromatic carbocycles. The van der Waals surface area contributed by atoms with Crippen LogP contribution in [0.2, 0.25) is 10.0 Å². The van der Waals surface area contributed by atoms with Gasteiger partial charge in [0.05, 0.1) is 23.9 Å². The van der Waals surface area contributed by atoms with Crippen molar-refractivity contribution in [3.8, 4) is 5.75 Å². The van der Waals surface area contributed by atoms with Gasteiger partial charge in [0.2, 0.25) is 0 Å². The standard InChI is InChI=1S/C16H14Cl2N2O/c1-21-13-5-2-11(3-6-13)15-8-9-19-20(15)16-7-4-12(17)10-14(16)18/h2-7,9-10,15H,8H2,1H3. The van der Waals surface area contributed by atoms with Gasteiger partial charge in [-0.25, -0.2) is 0 Å². The molecule has 0 saturated heterocycles. The molecule has 1 atom stereocenters. The van der Waals surface area contributed by atoms with E-state index in [9.17, 15) is 0 Å². The normalized spacial score (nSPS) is 17.3. The highest BCUT2D eigenvalue weighted by Crippen LogP contribution is 2.38. The number of methoxy groups -OCH3 is 1. The van der Waals surface area contributed by atoms with Crippen molar-refractivity contribution < 1.29 is 4.74 Å². The molecule has 0 bridgehead atoms. The summed E-state index contributed by atoms with van der Waals surface area (Å²) in [6.07, 6.45) is 2.74. The first-order valence-corrected chi connectivity index (χ1v) is 7.35. The van der Waals surface area contributed by atoms with Crippen molar-refractivity contribution in [2.75, 3.05) is 12.1 Å². The maximum absolute atomic E-state index is 6.29. The van der Waals surface area contributed by atoms with E-state index in [0.717, 1.165) is 17.9 Å². The Morgan fingerprint density at radius 1 is 1.14 bits per heavy atom. The number of anilines is 1. The quantitative estimate of drug-likeness (QED) is 0.800. The minimum atomic E-state index is 0.134. The molecule has 0 fully saturated rings. The van der Waals surface area contributed by atoms with Gasteiger partial charge in [-0.3, -0.25) is 5.01 Å². The van der Waals surface area contributed by atoms with E-state index in [2.05, 4.69) is 17.2 Å². The van der Waals surface area contributed by atoms with Crippen LogP contribution in [0.4, 0.5) is 5.69 Å². The zero-order chi connectivity index (χ0) is 14.8. The van der Waals surface area contributed by atoms with E-state index in [0.29, 0.717) is 10.0 Å². The fourth-order valence-electron chi connectivity index (χ4n) is 2.42. The van der Waals surface area contributed by atoms with E-state index in [1.165, 1.54) is 5.56 Å². The zero-order valence-corrected chi connectivity index (χ0v) is 13.0. The van der Waals surface area contributed by atoms with Gasteiger partial charge in [0.25, 0.3) is 0 Å². The molecule has 21 heavy (non-hydrogen) atoms. The lowest BCUT2D eigenvalue weighted by atomic mass is 10.0. The van der Waals surface area contributed by atoms with Crippen LogP contribution in [0, 0.1) is 0 Å². The Labute approximate surface area is 133 Å². The summed E-state index contributed by atoms with van der Waals surface area (Å²) in [6, 6.07) is 13.6. The number of nitrogens with zero attached hydrogens (tertiary/aromatic N) is 2. The summed E-state index contributed by atoms with van der Waals surface area (Å²) in [6.45, 7) is 0. The van der Waals surface area contributed by atoms with E-state index in [1.54, 1.807) is 13.2 Å². The number of hydrogen-bond acceptors (Lipinski definition) is 3. The van der Waals surface area contributed by atoms with Crippen molar-refractivity contribution in [1.29, 1.82) is 0 Å². The number of hydrogen-bond donors (Lipinski definition) is 0. The average Bonchev–Trinajstić information content (AvgIpc) is 2.96. The molecule has 3 rings (SSSR count). The molecule has 3 nitrogen and oxygen atoms in total. The second-order valence-corrected chi connectivity index (χ2v) is 5.61. The summed E-state index contributed by atoms with van der Waals surface area (Å²) < 4.78 is 5.19. The fraction of sp³-hybridized carbons (Fsp3) is 0.188.